The second-order valence-electron chi connectivity index (χ2n) is 6.66. The van der Waals surface area contributed by atoms with Gasteiger partial charge in [0.2, 0.25) is 0 Å². The van der Waals surface area contributed by atoms with Crippen LogP contribution in [0.5, 0.6) is 0 Å². The zero-order valence-corrected chi connectivity index (χ0v) is 16.7. The molecule has 1 aromatic heterocycles. The second kappa shape index (κ2) is 9.16. The van der Waals surface area contributed by atoms with Crippen LogP contribution in [-0.2, 0) is 0 Å². The fourth-order valence-corrected chi connectivity index (χ4v) is 2.78. The lowest BCUT2D eigenvalue weighted by Crippen LogP contribution is -2.31. The minimum absolute atomic E-state index is 0.00348. The number of pyridine rings is 1. The van der Waals surface area contributed by atoms with Gasteiger partial charge in [0.1, 0.15) is 11.4 Å². The third-order valence-corrected chi connectivity index (χ3v) is 4.22. The number of nitrogens with one attached hydrogen (secondary N) is 2. The van der Waals surface area contributed by atoms with Crippen LogP contribution in [0.3, 0.4) is 0 Å². The number of amides is 2. The van der Waals surface area contributed by atoms with Crippen LogP contribution < -0.4 is 15.5 Å². The number of anilines is 2. The number of benzene rings is 1. The molecule has 0 fully saturated rings. The average Bonchev–Trinajstić information content (AvgIpc) is 2.64. The van der Waals surface area contributed by atoms with Gasteiger partial charge in [-0.25, -0.2) is 4.98 Å². The van der Waals surface area contributed by atoms with Gasteiger partial charge in [0.25, 0.3) is 11.8 Å². The van der Waals surface area contributed by atoms with Gasteiger partial charge < -0.3 is 15.5 Å². The smallest absolute Gasteiger partial charge is 0.274 e. The molecule has 6 nitrogen and oxygen atoms in total. The standard InChI is InChI=1S/C21H28N4O2/c1-6-25(7-2)16-11-12-17(15(5)13-16)24-21(27)19-10-8-9-18(23-19)20(26)22-14(3)4/h8-14H,6-7H2,1-5H3,(H,22,26)(H,24,27). The van der Waals surface area contributed by atoms with Crippen LogP contribution in [0.4, 0.5) is 11.4 Å². The quantitative estimate of drug-likeness (QED) is 0.783. The van der Waals surface area contributed by atoms with Gasteiger partial charge in [0, 0.05) is 30.5 Å². The van der Waals surface area contributed by atoms with E-state index in [4.69, 9.17) is 0 Å². The molecule has 1 aromatic carbocycles. The topological polar surface area (TPSA) is 74.3 Å². The number of nitrogens with zero attached hydrogens (tertiary/aromatic N) is 2. The molecule has 27 heavy (non-hydrogen) atoms. The molecule has 0 saturated carbocycles. The van der Waals surface area contributed by atoms with Gasteiger partial charge in [-0.15, -0.1) is 0 Å². The van der Waals surface area contributed by atoms with Crippen molar-refractivity contribution in [1.82, 2.24) is 10.3 Å². The van der Waals surface area contributed by atoms with E-state index >= 15 is 0 Å². The Morgan fingerprint density at radius 1 is 1.04 bits per heavy atom. The van der Waals surface area contributed by atoms with E-state index in [-0.39, 0.29) is 29.2 Å². The summed E-state index contributed by atoms with van der Waals surface area (Å²) >= 11 is 0. The van der Waals surface area contributed by atoms with Crippen LogP contribution >= 0.6 is 0 Å². The largest absolute Gasteiger partial charge is 0.372 e. The molecule has 0 saturated heterocycles. The monoisotopic (exact) mass is 368 g/mol. The molecule has 144 valence electrons. The van der Waals surface area contributed by atoms with E-state index in [1.165, 1.54) is 0 Å². The van der Waals surface area contributed by atoms with Gasteiger partial charge in [-0.2, -0.15) is 0 Å². The molecule has 2 rings (SSSR count). The molecule has 1 heterocycles. The third-order valence-electron chi connectivity index (χ3n) is 4.22. The van der Waals surface area contributed by atoms with Crippen molar-refractivity contribution < 1.29 is 9.59 Å². The number of aryl methyl sites for hydroxylation is 1. The Balaban J connectivity index is 2.17. The van der Waals surface area contributed by atoms with Crippen LogP contribution in [0.25, 0.3) is 0 Å². The highest BCUT2D eigenvalue weighted by Crippen LogP contribution is 2.23. The summed E-state index contributed by atoms with van der Waals surface area (Å²) in [7, 11) is 0. The van der Waals surface area contributed by atoms with Crippen molar-refractivity contribution in [3.05, 3.63) is 53.3 Å². The van der Waals surface area contributed by atoms with Crippen LogP contribution in [0, 0.1) is 6.92 Å². The van der Waals surface area contributed by atoms with Crippen LogP contribution in [-0.4, -0.2) is 35.9 Å². The lowest BCUT2D eigenvalue weighted by atomic mass is 10.1. The summed E-state index contributed by atoms with van der Waals surface area (Å²) in [6.07, 6.45) is 0. The molecule has 0 unspecified atom stereocenters. The van der Waals surface area contributed by atoms with E-state index in [1.807, 2.05) is 32.9 Å². The number of carbonyl (C=O) groups is 2. The highest BCUT2D eigenvalue weighted by atomic mass is 16.2. The molecular weight excluding hydrogens is 340 g/mol. The predicted octanol–water partition coefficient (Wildman–Crippen LogP) is 3.63. The first-order valence-electron chi connectivity index (χ1n) is 9.30. The number of hydrogen-bond acceptors (Lipinski definition) is 4. The average molecular weight is 368 g/mol. The predicted molar refractivity (Wildman–Crippen MR) is 110 cm³/mol. The highest BCUT2D eigenvalue weighted by molar-refractivity contribution is 6.04. The molecule has 0 aliphatic carbocycles. The molecule has 2 N–H and O–H groups in total. The van der Waals surface area contributed by atoms with Crippen LogP contribution in [0.2, 0.25) is 0 Å². The number of carbonyl (C=O) groups excluding carboxylic acids is 2. The van der Waals surface area contributed by atoms with Crippen molar-refractivity contribution in [2.45, 2.75) is 40.7 Å². The minimum atomic E-state index is -0.340. The lowest BCUT2D eigenvalue weighted by Gasteiger charge is -2.22. The SMILES string of the molecule is CCN(CC)c1ccc(NC(=O)c2cccc(C(=O)NC(C)C)n2)c(C)c1. The van der Waals surface area contributed by atoms with Gasteiger partial charge in [0.15, 0.2) is 0 Å². The van der Waals surface area contributed by atoms with E-state index in [0.29, 0.717) is 0 Å². The molecule has 0 aliphatic heterocycles. The molecule has 0 spiro atoms. The maximum atomic E-state index is 12.6. The van der Waals surface area contributed by atoms with Gasteiger partial charge in [-0.05, 0) is 70.5 Å². The number of rotatable bonds is 7. The maximum Gasteiger partial charge on any atom is 0.274 e. The molecule has 0 radical (unpaired) electrons. The zero-order valence-electron chi connectivity index (χ0n) is 16.7. The molecule has 0 atom stereocenters. The van der Waals surface area contributed by atoms with Crippen molar-refractivity contribution in [2.24, 2.45) is 0 Å². The van der Waals surface area contributed by atoms with Crippen molar-refractivity contribution in [3.63, 3.8) is 0 Å². The first-order chi connectivity index (χ1) is 12.8. The summed E-state index contributed by atoms with van der Waals surface area (Å²) in [6, 6.07) is 10.8. The normalized spacial score (nSPS) is 10.6. The Kier molecular flexibility index (Phi) is 6.93. The van der Waals surface area contributed by atoms with Crippen molar-refractivity contribution in [2.75, 3.05) is 23.3 Å². The molecule has 2 aromatic rings. The summed E-state index contributed by atoms with van der Waals surface area (Å²) in [5.41, 5.74) is 3.26. The van der Waals surface area contributed by atoms with E-state index in [0.717, 1.165) is 30.0 Å². The summed E-state index contributed by atoms with van der Waals surface area (Å²) in [6.45, 7) is 11.8. The summed E-state index contributed by atoms with van der Waals surface area (Å²) in [4.78, 5) is 31.1. The Hall–Kier alpha value is -2.89. The maximum absolute atomic E-state index is 12.6. The molecule has 0 aliphatic rings. The molecule has 6 heteroatoms. The van der Waals surface area contributed by atoms with Crippen molar-refractivity contribution in [3.8, 4) is 0 Å². The van der Waals surface area contributed by atoms with Crippen LogP contribution in [0.15, 0.2) is 36.4 Å². The van der Waals surface area contributed by atoms with E-state index in [1.54, 1.807) is 18.2 Å². The minimum Gasteiger partial charge on any atom is -0.372 e. The second-order valence-corrected chi connectivity index (χ2v) is 6.66. The third kappa shape index (κ3) is 5.29. The Labute approximate surface area is 161 Å². The van der Waals surface area contributed by atoms with Crippen molar-refractivity contribution in [1.29, 1.82) is 0 Å². The highest BCUT2D eigenvalue weighted by Gasteiger charge is 2.14. The fourth-order valence-electron chi connectivity index (χ4n) is 2.78. The fraction of sp³-hybridized carbons (Fsp3) is 0.381. The van der Waals surface area contributed by atoms with E-state index < -0.39 is 0 Å². The Morgan fingerprint density at radius 3 is 2.22 bits per heavy atom. The first kappa shape index (κ1) is 20.4. The van der Waals surface area contributed by atoms with Gasteiger partial charge in [0.05, 0.1) is 0 Å². The Bertz CT molecular complexity index is 814. The number of aromatic nitrogens is 1. The lowest BCUT2D eigenvalue weighted by molar-refractivity contribution is 0.0938. The summed E-state index contributed by atoms with van der Waals surface area (Å²) in [5, 5.41) is 5.66. The zero-order chi connectivity index (χ0) is 20.0. The molecule has 0 bridgehead atoms. The van der Waals surface area contributed by atoms with Gasteiger partial charge in [-0.1, -0.05) is 6.07 Å². The number of hydrogen-bond donors (Lipinski definition) is 2. The van der Waals surface area contributed by atoms with Gasteiger partial charge in [-0.3, -0.25) is 9.59 Å². The summed E-state index contributed by atoms with van der Waals surface area (Å²) in [5.74, 6) is -0.632. The van der Waals surface area contributed by atoms with Crippen LogP contribution in [0.1, 0.15) is 54.2 Å². The molecule has 2 amide bonds. The summed E-state index contributed by atoms with van der Waals surface area (Å²) < 4.78 is 0. The van der Waals surface area contributed by atoms with Gasteiger partial charge >= 0.3 is 0 Å². The van der Waals surface area contributed by atoms with Crippen molar-refractivity contribution >= 4 is 23.2 Å². The molecular formula is C21H28N4O2. The first-order valence-corrected chi connectivity index (χ1v) is 9.30. The van der Waals surface area contributed by atoms with E-state index in [9.17, 15) is 9.59 Å². The Morgan fingerprint density at radius 2 is 1.67 bits per heavy atom. The van der Waals surface area contributed by atoms with E-state index in [2.05, 4.69) is 40.4 Å².